The van der Waals surface area contributed by atoms with Crippen LogP contribution < -0.4 is 10.1 Å². The van der Waals surface area contributed by atoms with Crippen LogP contribution in [-0.4, -0.2) is 34.9 Å². The first-order chi connectivity index (χ1) is 14.0. The van der Waals surface area contributed by atoms with E-state index in [0.29, 0.717) is 12.3 Å². The van der Waals surface area contributed by atoms with Crippen LogP contribution in [0.1, 0.15) is 49.9 Å². The van der Waals surface area contributed by atoms with Crippen LogP contribution in [0.5, 0.6) is 5.75 Å². The van der Waals surface area contributed by atoms with Gasteiger partial charge in [0.25, 0.3) is 5.91 Å². The first-order valence-electron chi connectivity index (χ1n) is 10.3. The highest BCUT2D eigenvalue weighted by atomic mass is 16.5. The minimum absolute atomic E-state index is 0.122. The smallest absolute Gasteiger partial charge is 0.261 e. The topological polar surface area (TPSA) is 58.6 Å². The Morgan fingerprint density at radius 3 is 2.37 bits per heavy atom. The van der Waals surface area contributed by atoms with Crippen LogP contribution in [0.2, 0.25) is 0 Å². The molecule has 2 aromatic carbocycles. The molecule has 2 amide bonds. The molecule has 0 aliphatic carbocycles. The lowest BCUT2D eigenvalue weighted by molar-refractivity contribution is -0.142. The summed E-state index contributed by atoms with van der Waals surface area (Å²) in [5.41, 5.74) is 3.82. The van der Waals surface area contributed by atoms with Crippen LogP contribution in [0, 0.1) is 20.8 Å². The maximum absolute atomic E-state index is 13.1. The third kappa shape index (κ3) is 6.61. The number of carbonyl (C=O) groups is 2. The van der Waals surface area contributed by atoms with Crippen molar-refractivity contribution in [1.82, 2.24) is 10.2 Å². The minimum atomic E-state index is -0.626. The second-order valence-corrected chi connectivity index (χ2v) is 8.91. The first kappa shape index (κ1) is 23.5. The Hall–Kier alpha value is -2.82. The van der Waals surface area contributed by atoms with E-state index in [-0.39, 0.29) is 24.0 Å². The Labute approximate surface area is 180 Å². The summed E-state index contributed by atoms with van der Waals surface area (Å²) in [4.78, 5) is 27.5. The van der Waals surface area contributed by atoms with Crippen molar-refractivity contribution < 1.29 is 14.3 Å². The van der Waals surface area contributed by atoms with E-state index in [1.54, 1.807) is 11.8 Å². The second-order valence-electron chi connectivity index (χ2n) is 8.91. The highest BCUT2D eigenvalue weighted by Crippen LogP contribution is 2.21. The molecule has 5 nitrogen and oxygen atoms in total. The number of hydrogen-bond donors (Lipinski definition) is 1. The summed E-state index contributed by atoms with van der Waals surface area (Å²) < 4.78 is 5.83. The number of benzene rings is 2. The number of nitrogens with one attached hydrogen (secondary N) is 1. The summed E-state index contributed by atoms with van der Waals surface area (Å²) in [6.07, 6.45) is 0. The lowest BCUT2D eigenvalue weighted by Gasteiger charge is -2.31. The van der Waals surface area contributed by atoms with Crippen LogP contribution >= 0.6 is 0 Å². The van der Waals surface area contributed by atoms with E-state index in [9.17, 15) is 9.59 Å². The standard InChI is InChI=1S/C25H34N2O3/c1-17-10-8-12-21(14-17)15-27(20(4)24(29)26-25(5,6)7)23(28)16-30-22-13-9-11-18(2)19(22)3/h8-14,20H,15-16H2,1-7H3,(H,26,29)/t20-/m1/s1. The summed E-state index contributed by atoms with van der Waals surface area (Å²) in [5, 5.41) is 2.97. The largest absolute Gasteiger partial charge is 0.483 e. The molecule has 0 aliphatic heterocycles. The van der Waals surface area contributed by atoms with Gasteiger partial charge in [-0.3, -0.25) is 9.59 Å². The summed E-state index contributed by atoms with van der Waals surface area (Å²) in [6.45, 7) is 13.7. The van der Waals surface area contributed by atoms with Crippen LogP contribution in [0.3, 0.4) is 0 Å². The molecule has 2 aromatic rings. The molecule has 0 spiro atoms. The van der Waals surface area contributed by atoms with E-state index in [1.165, 1.54) is 0 Å². The number of rotatable bonds is 7. The molecule has 0 fully saturated rings. The number of nitrogens with zero attached hydrogens (tertiary/aromatic N) is 1. The molecule has 162 valence electrons. The molecule has 0 radical (unpaired) electrons. The van der Waals surface area contributed by atoms with E-state index in [4.69, 9.17) is 4.74 Å². The van der Waals surface area contributed by atoms with Crippen LogP contribution in [0.4, 0.5) is 0 Å². The number of amides is 2. The summed E-state index contributed by atoms with van der Waals surface area (Å²) in [5.74, 6) is 0.273. The molecule has 30 heavy (non-hydrogen) atoms. The molecule has 0 aliphatic rings. The monoisotopic (exact) mass is 410 g/mol. The van der Waals surface area contributed by atoms with Gasteiger partial charge >= 0.3 is 0 Å². The van der Waals surface area contributed by atoms with Gasteiger partial charge in [0.05, 0.1) is 0 Å². The summed E-state index contributed by atoms with van der Waals surface area (Å²) in [7, 11) is 0. The average molecular weight is 411 g/mol. The Morgan fingerprint density at radius 1 is 1.07 bits per heavy atom. The zero-order valence-electron chi connectivity index (χ0n) is 19.2. The fourth-order valence-electron chi connectivity index (χ4n) is 3.17. The van der Waals surface area contributed by atoms with Crippen molar-refractivity contribution in [3.63, 3.8) is 0 Å². The van der Waals surface area contributed by atoms with Gasteiger partial charge in [-0.2, -0.15) is 0 Å². The molecule has 5 heteroatoms. The molecular weight excluding hydrogens is 376 g/mol. The molecule has 0 aromatic heterocycles. The molecule has 2 rings (SSSR count). The minimum Gasteiger partial charge on any atom is -0.483 e. The van der Waals surface area contributed by atoms with Crippen molar-refractivity contribution in [1.29, 1.82) is 0 Å². The molecule has 0 saturated carbocycles. The second kappa shape index (κ2) is 9.79. The lowest BCUT2D eigenvalue weighted by atomic mass is 10.1. The zero-order chi connectivity index (χ0) is 22.5. The molecule has 0 bridgehead atoms. The van der Waals surface area contributed by atoms with E-state index in [2.05, 4.69) is 5.32 Å². The van der Waals surface area contributed by atoms with Gasteiger partial charge in [0.1, 0.15) is 11.8 Å². The van der Waals surface area contributed by atoms with Gasteiger partial charge in [0.2, 0.25) is 5.91 Å². The van der Waals surface area contributed by atoms with Crippen LogP contribution in [0.15, 0.2) is 42.5 Å². The van der Waals surface area contributed by atoms with Gasteiger partial charge in [-0.1, -0.05) is 42.0 Å². The predicted molar refractivity (Wildman–Crippen MR) is 120 cm³/mol. The lowest BCUT2D eigenvalue weighted by Crippen LogP contribution is -2.53. The summed E-state index contributed by atoms with van der Waals surface area (Å²) >= 11 is 0. The van der Waals surface area contributed by atoms with Gasteiger partial charge < -0.3 is 15.0 Å². The van der Waals surface area contributed by atoms with Gasteiger partial charge in [0.15, 0.2) is 6.61 Å². The van der Waals surface area contributed by atoms with Crippen LogP contribution in [-0.2, 0) is 16.1 Å². The third-order valence-electron chi connectivity index (χ3n) is 5.01. The van der Waals surface area contributed by atoms with E-state index < -0.39 is 6.04 Å². The fraction of sp³-hybridized carbons (Fsp3) is 0.440. The number of aryl methyl sites for hydroxylation is 2. The van der Waals surface area contributed by atoms with E-state index in [1.807, 2.05) is 84.0 Å². The Morgan fingerprint density at radius 2 is 1.73 bits per heavy atom. The van der Waals surface area contributed by atoms with Crippen molar-refractivity contribution >= 4 is 11.8 Å². The number of carbonyl (C=O) groups excluding carboxylic acids is 2. The van der Waals surface area contributed by atoms with Gasteiger partial charge in [-0.25, -0.2) is 0 Å². The first-order valence-corrected chi connectivity index (χ1v) is 10.3. The number of hydrogen-bond acceptors (Lipinski definition) is 3. The average Bonchev–Trinajstić information content (AvgIpc) is 2.65. The fourth-order valence-corrected chi connectivity index (χ4v) is 3.17. The summed E-state index contributed by atoms with van der Waals surface area (Å²) in [6, 6.07) is 13.1. The predicted octanol–water partition coefficient (Wildman–Crippen LogP) is 4.32. The van der Waals surface area contributed by atoms with Crippen molar-refractivity contribution in [2.24, 2.45) is 0 Å². The molecule has 0 heterocycles. The number of ether oxygens (including phenoxy) is 1. The highest BCUT2D eigenvalue weighted by molar-refractivity contribution is 5.88. The van der Waals surface area contributed by atoms with Gasteiger partial charge in [-0.15, -0.1) is 0 Å². The molecular formula is C25H34N2O3. The highest BCUT2D eigenvalue weighted by Gasteiger charge is 2.28. The van der Waals surface area contributed by atoms with E-state index in [0.717, 1.165) is 22.3 Å². The molecule has 0 unspecified atom stereocenters. The third-order valence-corrected chi connectivity index (χ3v) is 5.01. The van der Waals surface area contributed by atoms with Crippen molar-refractivity contribution in [3.8, 4) is 5.75 Å². The Balaban J connectivity index is 2.21. The van der Waals surface area contributed by atoms with Crippen molar-refractivity contribution in [3.05, 3.63) is 64.7 Å². The Bertz CT molecular complexity index is 900. The van der Waals surface area contributed by atoms with Gasteiger partial charge in [0, 0.05) is 12.1 Å². The normalized spacial score (nSPS) is 12.2. The van der Waals surface area contributed by atoms with E-state index >= 15 is 0 Å². The zero-order valence-corrected chi connectivity index (χ0v) is 19.2. The Kier molecular flexibility index (Phi) is 7.65. The van der Waals surface area contributed by atoms with Crippen molar-refractivity contribution in [2.45, 2.75) is 66.6 Å². The van der Waals surface area contributed by atoms with Crippen LogP contribution in [0.25, 0.3) is 0 Å². The molecule has 1 atom stereocenters. The maximum Gasteiger partial charge on any atom is 0.261 e. The SMILES string of the molecule is Cc1cccc(CN(C(=O)COc2cccc(C)c2C)[C@H](C)C(=O)NC(C)(C)C)c1. The molecule has 1 N–H and O–H groups in total. The van der Waals surface area contributed by atoms with Gasteiger partial charge in [-0.05, 0) is 71.2 Å². The maximum atomic E-state index is 13.1. The molecule has 0 saturated heterocycles. The quantitative estimate of drug-likeness (QED) is 0.739. The van der Waals surface area contributed by atoms with Crippen molar-refractivity contribution in [2.75, 3.05) is 6.61 Å².